The Kier molecular flexibility index (Phi) is 7.96. The fraction of sp³-hybridized carbons (Fsp3) is 0.600. The van der Waals surface area contributed by atoms with E-state index in [0.29, 0.717) is 5.25 Å². The van der Waals surface area contributed by atoms with Crippen LogP contribution in [0, 0.1) is 0 Å². The average molecular weight is 320 g/mol. The van der Waals surface area contributed by atoms with Crippen molar-refractivity contribution in [3.8, 4) is 0 Å². The number of hydrogen-bond acceptors (Lipinski definition) is 3. The molecule has 1 aromatic carbocycles. The van der Waals surface area contributed by atoms with Crippen molar-refractivity contribution < 1.29 is 13.2 Å². The largest absolute Gasteiger partial charge is 0.416 e. The van der Waals surface area contributed by atoms with Crippen molar-refractivity contribution in [2.45, 2.75) is 44.5 Å². The Morgan fingerprint density at radius 3 is 2.19 bits per heavy atom. The molecule has 0 spiro atoms. The molecule has 0 radical (unpaired) electrons. The van der Waals surface area contributed by atoms with Gasteiger partial charge in [-0.3, -0.25) is 4.72 Å². The van der Waals surface area contributed by atoms with E-state index in [-0.39, 0.29) is 0 Å². The summed E-state index contributed by atoms with van der Waals surface area (Å²) in [5, 5.41) is 3.73. The molecule has 6 heteroatoms. The number of hydrogen-bond donors (Lipinski definition) is 2. The van der Waals surface area contributed by atoms with Crippen LogP contribution in [0.4, 0.5) is 18.9 Å². The summed E-state index contributed by atoms with van der Waals surface area (Å²) in [6, 6.07) is 5.16. The van der Waals surface area contributed by atoms with Crippen LogP contribution in [-0.2, 0) is 6.18 Å². The minimum absolute atomic E-state index is 0.589. The lowest BCUT2D eigenvalue weighted by Gasteiger charge is -2.10. The van der Waals surface area contributed by atoms with E-state index < -0.39 is 11.7 Å². The Bertz CT molecular complexity index is 391. The van der Waals surface area contributed by atoms with Gasteiger partial charge in [-0.15, -0.1) is 0 Å². The first-order valence-electron chi connectivity index (χ1n) is 7.19. The van der Waals surface area contributed by atoms with Crippen LogP contribution >= 0.6 is 11.9 Å². The fourth-order valence-corrected chi connectivity index (χ4v) is 2.33. The smallest absolute Gasteiger partial charge is 0.385 e. The molecule has 0 amide bonds. The third-order valence-corrected chi connectivity index (χ3v) is 3.66. The Morgan fingerprint density at radius 2 is 1.62 bits per heavy atom. The van der Waals surface area contributed by atoms with Gasteiger partial charge in [-0.05, 0) is 37.1 Å². The molecule has 21 heavy (non-hydrogen) atoms. The van der Waals surface area contributed by atoms with Gasteiger partial charge in [-0.1, -0.05) is 32.2 Å². The molecule has 0 fully saturated rings. The maximum atomic E-state index is 12.4. The highest BCUT2D eigenvalue weighted by Crippen LogP contribution is 2.29. The number of rotatable bonds is 9. The van der Waals surface area contributed by atoms with Crippen LogP contribution in [0.3, 0.4) is 0 Å². The number of alkyl halides is 3. The number of halogens is 3. The average Bonchev–Trinajstić information content (AvgIpc) is 2.41. The minimum Gasteiger partial charge on any atom is -0.385 e. The van der Waals surface area contributed by atoms with E-state index in [4.69, 9.17) is 0 Å². The van der Waals surface area contributed by atoms with Crippen LogP contribution in [0.2, 0.25) is 0 Å². The summed E-state index contributed by atoms with van der Waals surface area (Å²) in [4.78, 5) is 0. The van der Waals surface area contributed by atoms with Gasteiger partial charge in [0.2, 0.25) is 0 Å². The molecule has 0 saturated carbocycles. The van der Waals surface area contributed by atoms with Gasteiger partial charge in [-0.25, -0.2) is 0 Å². The van der Waals surface area contributed by atoms with Crippen LogP contribution in [0.1, 0.15) is 38.7 Å². The quantitative estimate of drug-likeness (QED) is 0.498. The molecular formula is C15H23F3N2S. The maximum Gasteiger partial charge on any atom is 0.416 e. The van der Waals surface area contributed by atoms with E-state index in [1.807, 2.05) is 0 Å². The molecule has 0 bridgehead atoms. The van der Waals surface area contributed by atoms with Crippen molar-refractivity contribution in [1.29, 1.82) is 0 Å². The van der Waals surface area contributed by atoms with E-state index in [2.05, 4.69) is 23.9 Å². The summed E-state index contributed by atoms with van der Waals surface area (Å²) in [6.45, 7) is 6.06. The first-order valence-corrected chi connectivity index (χ1v) is 8.07. The van der Waals surface area contributed by atoms with Crippen molar-refractivity contribution in [1.82, 2.24) is 4.72 Å². The molecular weight excluding hydrogens is 297 g/mol. The zero-order chi connectivity index (χ0) is 15.7. The third kappa shape index (κ3) is 8.21. The highest BCUT2D eigenvalue weighted by Gasteiger charge is 2.29. The summed E-state index contributed by atoms with van der Waals surface area (Å²) in [7, 11) is 0. The summed E-state index contributed by atoms with van der Waals surface area (Å²) in [5.74, 6) is 0. The molecule has 0 atom stereocenters. The Balaban J connectivity index is 2.10. The second-order valence-electron chi connectivity index (χ2n) is 5.12. The van der Waals surface area contributed by atoms with Crippen LogP contribution in [0.25, 0.3) is 0 Å². The van der Waals surface area contributed by atoms with E-state index in [1.54, 1.807) is 11.9 Å². The van der Waals surface area contributed by atoms with Gasteiger partial charge in [0, 0.05) is 24.0 Å². The fourth-order valence-electron chi connectivity index (χ4n) is 1.73. The topological polar surface area (TPSA) is 24.1 Å². The highest BCUT2D eigenvalue weighted by atomic mass is 32.2. The van der Waals surface area contributed by atoms with Gasteiger partial charge in [0.15, 0.2) is 0 Å². The summed E-state index contributed by atoms with van der Waals surface area (Å²) < 4.78 is 40.5. The zero-order valence-electron chi connectivity index (χ0n) is 12.5. The molecule has 0 aromatic heterocycles. The van der Waals surface area contributed by atoms with Gasteiger partial charge in [-0.2, -0.15) is 13.2 Å². The van der Waals surface area contributed by atoms with E-state index in [1.165, 1.54) is 12.1 Å². The van der Waals surface area contributed by atoms with Crippen molar-refractivity contribution >= 4 is 17.6 Å². The van der Waals surface area contributed by atoms with Crippen molar-refractivity contribution in [2.24, 2.45) is 0 Å². The van der Waals surface area contributed by atoms with Crippen molar-refractivity contribution in [3.63, 3.8) is 0 Å². The molecule has 0 heterocycles. The summed E-state index contributed by atoms with van der Waals surface area (Å²) in [5.41, 5.74) is 0.123. The maximum absolute atomic E-state index is 12.4. The monoisotopic (exact) mass is 320 g/mol. The Hall–Kier alpha value is -0.880. The van der Waals surface area contributed by atoms with Crippen LogP contribution < -0.4 is 10.0 Å². The molecule has 1 rings (SSSR count). The van der Waals surface area contributed by atoms with Crippen molar-refractivity contribution in [2.75, 3.05) is 18.4 Å². The second-order valence-corrected chi connectivity index (χ2v) is 6.59. The van der Waals surface area contributed by atoms with Gasteiger partial charge >= 0.3 is 6.18 Å². The van der Waals surface area contributed by atoms with Crippen LogP contribution in [0.5, 0.6) is 0 Å². The normalized spacial score (nSPS) is 11.9. The first kappa shape index (κ1) is 18.2. The molecule has 0 aliphatic rings. The molecule has 0 unspecified atom stereocenters. The molecule has 2 nitrogen and oxygen atoms in total. The molecule has 0 aliphatic heterocycles. The van der Waals surface area contributed by atoms with Crippen LogP contribution in [-0.4, -0.2) is 18.3 Å². The molecule has 2 N–H and O–H groups in total. The van der Waals surface area contributed by atoms with Gasteiger partial charge < -0.3 is 5.32 Å². The molecule has 0 saturated heterocycles. The zero-order valence-corrected chi connectivity index (χ0v) is 13.3. The predicted octanol–water partition coefficient (Wildman–Crippen LogP) is 4.93. The van der Waals surface area contributed by atoms with Gasteiger partial charge in [0.05, 0.1) is 5.56 Å². The van der Waals surface area contributed by atoms with E-state index in [9.17, 15) is 13.2 Å². The predicted molar refractivity (Wildman–Crippen MR) is 84.5 cm³/mol. The summed E-state index contributed by atoms with van der Waals surface area (Å²) >= 11 is 1.74. The molecule has 1 aromatic rings. The van der Waals surface area contributed by atoms with E-state index in [0.717, 1.165) is 50.2 Å². The number of unbranched alkanes of at least 4 members (excludes halogenated alkanes) is 2. The number of anilines is 1. The lowest BCUT2D eigenvalue weighted by atomic mass is 10.2. The molecule has 0 aliphatic carbocycles. The first-order chi connectivity index (χ1) is 9.89. The number of nitrogens with one attached hydrogen (secondary N) is 2. The Morgan fingerprint density at radius 1 is 1.00 bits per heavy atom. The lowest BCUT2D eigenvalue weighted by molar-refractivity contribution is -0.137. The van der Waals surface area contributed by atoms with Gasteiger partial charge in [0.1, 0.15) is 0 Å². The Labute approximate surface area is 129 Å². The SMILES string of the molecule is CC(C)SNCCCCCNc1ccc(C(F)(F)F)cc1. The third-order valence-electron chi connectivity index (χ3n) is 2.82. The van der Waals surface area contributed by atoms with Crippen LogP contribution in [0.15, 0.2) is 24.3 Å². The lowest BCUT2D eigenvalue weighted by Crippen LogP contribution is -2.10. The minimum atomic E-state index is -4.26. The standard InChI is InChI=1S/C15H23F3N2S/c1-12(2)21-20-11-5-3-4-10-19-14-8-6-13(7-9-14)15(16,17)18/h6-9,12,19-20H,3-5,10-11H2,1-2H3. The second kappa shape index (κ2) is 9.20. The van der Waals surface area contributed by atoms with Crippen molar-refractivity contribution in [3.05, 3.63) is 29.8 Å². The summed E-state index contributed by atoms with van der Waals surface area (Å²) in [6.07, 6.45) is -1.05. The number of benzene rings is 1. The molecule has 120 valence electrons. The van der Waals surface area contributed by atoms with E-state index >= 15 is 0 Å². The highest BCUT2D eigenvalue weighted by molar-refractivity contribution is 7.97. The van der Waals surface area contributed by atoms with Gasteiger partial charge in [0.25, 0.3) is 0 Å².